The molecule has 0 atom stereocenters. The van der Waals surface area contributed by atoms with Gasteiger partial charge in [-0.15, -0.1) is 0 Å². The lowest BCUT2D eigenvalue weighted by atomic mass is 10.1. The van der Waals surface area contributed by atoms with Crippen LogP contribution in [0.25, 0.3) is 0 Å². The van der Waals surface area contributed by atoms with E-state index < -0.39 is 7.92 Å². The number of hydrogen-bond acceptors (Lipinski definition) is 6. The number of rotatable bonds is 9. The van der Waals surface area contributed by atoms with Crippen molar-refractivity contribution in [3.63, 3.8) is 0 Å². The Morgan fingerprint density at radius 3 is 1.05 bits per heavy atom. The fourth-order valence-corrected chi connectivity index (χ4v) is 8.52. The summed E-state index contributed by atoms with van der Waals surface area (Å²) in [5, 5.41) is 4.14. The summed E-state index contributed by atoms with van der Waals surface area (Å²) in [6.45, 7) is 6.79. The van der Waals surface area contributed by atoms with Crippen molar-refractivity contribution in [2.45, 2.75) is 20.8 Å². The van der Waals surface area contributed by atoms with Crippen LogP contribution in [0.3, 0.4) is 0 Å². The Bertz CT molecular complexity index is 1280. The first-order valence-electron chi connectivity index (χ1n) is 13.9. The Kier molecular flexibility index (Phi) is 9.57. The van der Waals surface area contributed by atoms with Gasteiger partial charge in [0.2, 0.25) is 0 Å². The molecule has 0 radical (unpaired) electrons. The first kappa shape index (κ1) is 31.4. The van der Waals surface area contributed by atoms with Gasteiger partial charge in [0.1, 0.15) is 0 Å². The summed E-state index contributed by atoms with van der Waals surface area (Å²) in [6.07, 6.45) is 0. The molecule has 0 fully saturated rings. The lowest BCUT2D eigenvalue weighted by molar-refractivity contribution is 1.05. The highest BCUT2D eigenvalue weighted by molar-refractivity contribution is 7.80. The monoisotopic (exact) mass is 562 g/mol. The zero-order valence-electron chi connectivity index (χ0n) is 27.6. The second-order valence-corrected chi connectivity index (χ2v) is 14.1. The van der Waals surface area contributed by atoms with Crippen LogP contribution in [0, 0.1) is 20.8 Å². The van der Waals surface area contributed by atoms with Crippen molar-refractivity contribution in [1.82, 2.24) is 0 Å². The van der Waals surface area contributed by atoms with E-state index in [4.69, 9.17) is 0 Å². The predicted molar refractivity (Wildman–Crippen MR) is 185 cm³/mol. The first-order chi connectivity index (χ1) is 18.6. The van der Waals surface area contributed by atoms with Crippen LogP contribution in [-0.2, 0) is 0 Å². The summed E-state index contributed by atoms with van der Waals surface area (Å²) >= 11 is 0. The van der Waals surface area contributed by atoms with E-state index >= 15 is 0 Å². The molecule has 7 heteroatoms. The molecule has 0 saturated carbocycles. The van der Waals surface area contributed by atoms with Crippen molar-refractivity contribution in [3.8, 4) is 0 Å². The highest BCUT2D eigenvalue weighted by Gasteiger charge is 2.31. The smallest absolute Gasteiger partial charge is 0.0843 e. The summed E-state index contributed by atoms with van der Waals surface area (Å²) < 4.78 is 0. The highest BCUT2D eigenvalue weighted by Crippen LogP contribution is 2.48. The molecule has 40 heavy (non-hydrogen) atoms. The van der Waals surface area contributed by atoms with Crippen LogP contribution in [-0.4, -0.2) is 84.6 Å². The average Bonchev–Trinajstić information content (AvgIpc) is 2.87. The predicted octanol–water partition coefficient (Wildman–Crippen LogP) is 4.77. The lowest BCUT2D eigenvalue weighted by Crippen LogP contribution is -2.33. The number of aryl methyl sites for hydroxylation is 1. The third kappa shape index (κ3) is 5.69. The highest BCUT2D eigenvalue weighted by atomic mass is 31.1. The van der Waals surface area contributed by atoms with Crippen LogP contribution in [0.2, 0.25) is 0 Å². The lowest BCUT2D eigenvalue weighted by Gasteiger charge is -2.36. The molecule has 0 aliphatic rings. The molecule has 0 spiro atoms. The van der Waals surface area contributed by atoms with E-state index in [9.17, 15) is 0 Å². The summed E-state index contributed by atoms with van der Waals surface area (Å²) in [4.78, 5) is 13.6. The number of anilines is 6. The molecule has 0 unspecified atom stereocenters. The Balaban J connectivity index is 2.62. The summed E-state index contributed by atoms with van der Waals surface area (Å²) in [6, 6.07) is 14.1. The maximum absolute atomic E-state index is 2.38. The minimum absolute atomic E-state index is 0.921. The zero-order valence-corrected chi connectivity index (χ0v) is 28.5. The normalized spacial score (nSPS) is 11.1. The van der Waals surface area contributed by atoms with Gasteiger partial charge in [0.05, 0.1) is 34.1 Å². The largest absolute Gasteiger partial charge is 0.376 e. The van der Waals surface area contributed by atoms with Gasteiger partial charge in [-0.05, 0) is 75.0 Å². The molecule has 0 saturated heterocycles. The molecule has 6 nitrogen and oxygen atoms in total. The van der Waals surface area contributed by atoms with Crippen LogP contribution in [0.15, 0.2) is 36.4 Å². The Hall–Kier alpha value is -3.11. The third-order valence-electron chi connectivity index (χ3n) is 7.72. The van der Waals surface area contributed by atoms with Crippen molar-refractivity contribution in [2.75, 3.05) is 114 Å². The molecule has 0 aromatic heterocycles. The Labute approximate surface area is 245 Å². The molecule has 0 heterocycles. The van der Waals surface area contributed by atoms with Crippen molar-refractivity contribution in [2.24, 2.45) is 0 Å². The quantitative estimate of drug-likeness (QED) is 0.348. The van der Waals surface area contributed by atoms with E-state index in [1.807, 2.05) is 0 Å². The van der Waals surface area contributed by atoms with Crippen molar-refractivity contribution in [3.05, 3.63) is 53.1 Å². The second-order valence-electron chi connectivity index (χ2n) is 12.0. The van der Waals surface area contributed by atoms with Crippen LogP contribution in [0.5, 0.6) is 0 Å². The number of benzene rings is 3. The van der Waals surface area contributed by atoms with Gasteiger partial charge in [-0.1, -0.05) is 12.1 Å². The van der Waals surface area contributed by atoms with E-state index in [0.29, 0.717) is 0 Å². The topological polar surface area (TPSA) is 19.4 Å². The molecular formula is C33H51N6P. The SMILES string of the molecule is Cc1ccc(P(c2ccc(N(C)C)c(N(C)C)c2N(C)C)c2ccc(N(C)C)c(N(C)C)c2N(C)C)c(C)c1C. The van der Waals surface area contributed by atoms with Gasteiger partial charge in [-0.3, -0.25) is 0 Å². The molecule has 0 aliphatic heterocycles. The van der Waals surface area contributed by atoms with Gasteiger partial charge >= 0.3 is 0 Å². The molecule has 0 aliphatic carbocycles. The van der Waals surface area contributed by atoms with Crippen LogP contribution in [0.1, 0.15) is 16.7 Å². The van der Waals surface area contributed by atoms with Gasteiger partial charge in [-0.2, -0.15) is 0 Å². The van der Waals surface area contributed by atoms with Crippen LogP contribution < -0.4 is 45.3 Å². The minimum atomic E-state index is -0.921. The summed E-state index contributed by atoms with van der Waals surface area (Å²) in [7, 11) is 24.9. The summed E-state index contributed by atoms with van der Waals surface area (Å²) in [5.41, 5.74) is 11.6. The van der Waals surface area contributed by atoms with Gasteiger partial charge in [0.25, 0.3) is 0 Å². The summed E-state index contributed by atoms with van der Waals surface area (Å²) in [5.74, 6) is 0. The van der Waals surface area contributed by atoms with E-state index in [1.54, 1.807) is 0 Å². The molecule has 0 bridgehead atoms. The van der Waals surface area contributed by atoms with Gasteiger partial charge in [0.15, 0.2) is 0 Å². The molecule has 3 aromatic carbocycles. The van der Waals surface area contributed by atoms with Crippen molar-refractivity contribution < 1.29 is 0 Å². The van der Waals surface area contributed by atoms with Crippen LogP contribution in [0.4, 0.5) is 34.1 Å². The molecule has 0 amide bonds. The van der Waals surface area contributed by atoms with E-state index in [-0.39, 0.29) is 0 Å². The molecular weight excluding hydrogens is 511 g/mol. The molecule has 3 aromatic rings. The second kappa shape index (κ2) is 12.2. The van der Waals surface area contributed by atoms with Gasteiger partial charge < -0.3 is 29.4 Å². The third-order valence-corrected chi connectivity index (χ3v) is 10.4. The van der Waals surface area contributed by atoms with Crippen molar-refractivity contribution in [1.29, 1.82) is 0 Å². The van der Waals surface area contributed by atoms with E-state index in [1.165, 1.54) is 66.7 Å². The molecule has 218 valence electrons. The standard InChI is InChI=1S/C33H51N6P/c1-22-16-19-27(24(3)23(22)2)40(28-20-17-25(34(4)5)30(36(8)9)32(28)38(12)13)29-21-18-26(35(6)7)31(37(10)11)33(29)39(14)15/h16-21H,1-15H3. The maximum atomic E-state index is 2.38. The van der Waals surface area contributed by atoms with Crippen molar-refractivity contribution >= 4 is 58.0 Å². The van der Waals surface area contributed by atoms with E-state index in [2.05, 4.69) is 171 Å². The first-order valence-corrected chi connectivity index (χ1v) is 15.2. The molecule has 3 rings (SSSR count). The Morgan fingerprint density at radius 1 is 0.375 bits per heavy atom. The fourth-order valence-electron chi connectivity index (χ4n) is 5.54. The minimum Gasteiger partial charge on any atom is -0.376 e. The molecule has 0 N–H and O–H groups in total. The average molecular weight is 563 g/mol. The number of hydrogen-bond donors (Lipinski definition) is 0. The van der Waals surface area contributed by atoms with E-state index in [0.717, 1.165) is 0 Å². The van der Waals surface area contributed by atoms with Gasteiger partial charge in [0, 0.05) is 95.2 Å². The maximum Gasteiger partial charge on any atom is 0.0843 e. The zero-order chi connectivity index (χ0) is 30.2. The number of nitrogens with zero attached hydrogens (tertiary/aromatic N) is 6. The Morgan fingerprint density at radius 2 is 0.725 bits per heavy atom. The fraction of sp³-hybridized carbons (Fsp3) is 0.455. The van der Waals surface area contributed by atoms with Gasteiger partial charge in [-0.25, -0.2) is 0 Å². The van der Waals surface area contributed by atoms with Crippen LogP contribution >= 0.6 is 7.92 Å².